The fourth-order valence-corrected chi connectivity index (χ4v) is 1.72. The van der Waals surface area contributed by atoms with E-state index in [1.54, 1.807) is 12.1 Å². The van der Waals surface area contributed by atoms with Crippen molar-refractivity contribution in [2.75, 3.05) is 5.32 Å². The van der Waals surface area contributed by atoms with Crippen LogP contribution >= 0.6 is 15.9 Å². The van der Waals surface area contributed by atoms with E-state index in [0.29, 0.717) is 16.0 Å². The predicted molar refractivity (Wildman–Crippen MR) is 67.3 cm³/mol. The number of H-pyrrole nitrogens is 2. The number of anilines is 1. The molecule has 0 bridgehead atoms. The van der Waals surface area contributed by atoms with Crippen LogP contribution in [0.5, 0.6) is 0 Å². The maximum Gasteiger partial charge on any atom is 0.340 e. The van der Waals surface area contributed by atoms with Gasteiger partial charge in [0.2, 0.25) is 0 Å². The highest BCUT2D eigenvalue weighted by atomic mass is 79.9. The van der Waals surface area contributed by atoms with Crippen molar-refractivity contribution in [2.24, 2.45) is 0 Å². The van der Waals surface area contributed by atoms with Crippen LogP contribution in [0.1, 0.15) is 5.82 Å². The van der Waals surface area contributed by atoms with Gasteiger partial charge in [0, 0.05) is 10.5 Å². The molecule has 2 aromatic rings. The van der Waals surface area contributed by atoms with Crippen LogP contribution in [0.4, 0.5) is 11.4 Å². The van der Waals surface area contributed by atoms with Crippen LogP contribution in [-0.4, -0.2) is 20.1 Å². The Morgan fingerprint density at radius 1 is 1.50 bits per heavy atom. The minimum Gasteiger partial charge on any atom is -0.372 e. The van der Waals surface area contributed by atoms with Crippen molar-refractivity contribution in [2.45, 2.75) is 6.54 Å². The fourth-order valence-electron chi connectivity index (χ4n) is 1.37. The van der Waals surface area contributed by atoms with Crippen LogP contribution in [0, 0.1) is 10.1 Å². The van der Waals surface area contributed by atoms with Gasteiger partial charge in [-0.1, -0.05) is 15.9 Å². The minimum absolute atomic E-state index is 0.0535. The summed E-state index contributed by atoms with van der Waals surface area (Å²) in [6, 6.07) is 4.66. The first-order valence-corrected chi connectivity index (χ1v) is 5.67. The SMILES string of the molecule is O=c1[nH]nc(CNc2ccc(Br)cc2[N+](=O)[O-])[nH]1. The summed E-state index contributed by atoms with van der Waals surface area (Å²) in [7, 11) is 0. The molecule has 0 aliphatic rings. The van der Waals surface area contributed by atoms with Gasteiger partial charge in [-0.25, -0.2) is 9.89 Å². The van der Waals surface area contributed by atoms with E-state index in [1.165, 1.54) is 6.07 Å². The molecular weight excluding hydrogens is 306 g/mol. The number of rotatable bonds is 4. The summed E-state index contributed by atoms with van der Waals surface area (Å²) in [4.78, 5) is 23.6. The van der Waals surface area contributed by atoms with Crippen LogP contribution in [0.2, 0.25) is 0 Å². The molecule has 0 atom stereocenters. The first kappa shape index (κ1) is 12.3. The van der Waals surface area contributed by atoms with Gasteiger partial charge in [0.05, 0.1) is 11.5 Å². The Hall–Kier alpha value is -2.16. The summed E-state index contributed by atoms with van der Waals surface area (Å²) in [6.07, 6.45) is 0. The van der Waals surface area contributed by atoms with Crippen molar-refractivity contribution in [3.8, 4) is 0 Å². The second-order valence-electron chi connectivity index (χ2n) is 3.40. The molecule has 8 nitrogen and oxygen atoms in total. The Bertz CT molecular complexity index is 635. The van der Waals surface area contributed by atoms with Crippen molar-refractivity contribution in [3.63, 3.8) is 0 Å². The third kappa shape index (κ3) is 2.74. The number of hydrogen-bond acceptors (Lipinski definition) is 5. The Labute approximate surface area is 109 Å². The van der Waals surface area contributed by atoms with Gasteiger partial charge >= 0.3 is 5.69 Å². The summed E-state index contributed by atoms with van der Waals surface area (Å²) in [5.74, 6) is 0.372. The largest absolute Gasteiger partial charge is 0.372 e. The lowest BCUT2D eigenvalue weighted by molar-refractivity contribution is -0.384. The van der Waals surface area contributed by atoms with E-state index in [9.17, 15) is 14.9 Å². The quantitative estimate of drug-likeness (QED) is 0.582. The summed E-state index contributed by atoms with van der Waals surface area (Å²) in [5, 5.41) is 19.6. The Balaban J connectivity index is 2.18. The molecule has 1 aromatic heterocycles. The van der Waals surface area contributed by atoms with Crippen molar-refractivity contribution in [1.29, 1.82) is 0 Å². The van der Waals surface area contributed by atoms with Gasteiger partial charge in [-0.05, 0) is 12.1 Å². The summed E-state index contributed by atoms with van der Waals surface area (Å²) < 4.78 is 0.618. The molecule has 3 N–H and O–H groups in total. The van der Waals surface area contributed by atoms with Crippen LogP contribution in [-0.2, 0) is 6.54 Å². The molecule has 0 saturated heterocycles. The molecule has 0 aliphatic carbocycles. The molecule has 0 radical (unpaired) electrons. The Morgan fingerprint density at radius 2 is 2.28 bits per heavy atom. The number of nitrogens with zero attached hydrogens (tertiary/aromatic N) is 2. The van der Waals surface area contributed by atoms with Crippen molar-refractivity contribution < 1.29 is 4.92 Å². The van der Waals surface area contributed by atoms with Crippen molar-refractivity contribution in [3.05, 3.63) is 49.1 Å². The lowest BCUT2D eigenvalue weighted by atomic mass is 10.2. The normalized spacial score (nSPS) is 10.3. The third-order valence-corrected chi connectivity index (χ3v) is 2.65. The van der Waals surface area contributed by atoms with Crippen LogP contribution in [0.25, 0.3) is 0 Å². The average Bonchev–Trinajstić information content (AvgIpc) is 2.73. The van der Waals surface area contributed by atoms with Crippen molar-refractivity contribution in [1.82, 2.24) is 15.2 Å². The van der Waals surface area contributed by atoms with Crippen LogP contribution < -0.4 is 11.0 Å². The van der Waals surface area contributed by atoms with Crippen LogP contribution in [0.3, 0.4) is 0 Å². The lowest BCUT2D eigenvalue weighted by Crippen LogP contribution is -2.06. The Kier molecular flexibility index (Phi) is 3.42. The number of aromatic amines is 2. The number of halogens is 1. The van der Waals surface area contributed by atoms with Gasteiger partial charge in [0.15, 0.2) is 0 Å². The number of hydrogen-bond donors (Lipinski definition) is 3. The van der Waals surface area contributed by atoms with E-state index in [4.69, 9.17) is 0 Å². The topological polar surface area (TPSA) is 117 Å². The molecule has 1 heterocycles. The fraction of sp³-hybridized carbons (Fsp3) is 0.111. The highest BCUT2D eigenvalue weighted by Crippen LogP contribution is 2.28. The van der Waals surface area contributed by atoms with E-state index in [1.807, 2.05) is 0 Å². The van der Waals surface area contributed by atoms with Crippen molar-refractivity contribution >= 4 is 27.3 Å². The highest BCUT2D eigenvalue weighted by molar-refractivity contribution is 9.10. The van der Waals surface area contributed by atoms with Gasteiger partial charge in [-0.15, -0.1) is 0 Å². The molecule has 0 amide bonds. The minimum atomic E-state index is -0.486. The molecule has 0 saturated carbocycles. The molecular formula is C9H8BrN5O3. The van der Waals surface area contributed by atoms with Gasteiger partial charge in [-0.2, -0.15) is 5.10 Å². The molecule has 1 aromatic carbocycles. The number of nitro benzene ring substituents is 1. The summed E-state index contributed by atoms with van der Waals surface area (Å²) in [5.41, 5.74) is -0.119. The zero-order valence-corrected chi connectivity index (χ0v) is 10.5. The van der Waals surface area contributed by atoms with Gasteiger partial charge in [0.25, 0.3) is 5.69 Å². The van der Waals surface area contributed by atoms with Crippen LogP contribution in [0.15, 0.2) is 27.5 Å². The lowest BCUT2D eigenvalue weighted by Gasteiger charge is -2.05. The third-order valence-electron chi connectivity index (χ3n) is 2.15. The zero-order valence-electron chi connectivity index (χ0n) is 8.94. The van der Waals surface area contributed by atoms with E-state index in [-0.39, 0.29) is 12.2 Å². The second-order valence-corrected chi connectivity index (χ2v) is 4.31. The molecule has 2 rings (SSSR count). The van der Waals surface area contributed by atoms with Gasteiger partial charge < -0.3 is 5.32 Å². The number of nitrogens with one attached hydrogen (secondary N) is 3. The zero-order chi connectivity index (χ0) is 13.1. The molecule has 0 unspecified atom stereocenters. The molecule has 0 fully saturated rings. The molecule has 9 heteroatoms. The number of aromatic nitrogens is 3. The molecule has 18 heavy (non-hydrogen) atoms. The smallest absolute Gasteiger partial charge is 0.340 e. The predicted octanol–water partition coefficient (Wildman–Crippen LogP) is 1.38. The molecule has 94 valence electrons. The van der Waals surface area contributed by atoms with Gasteiger partial charge in [0.1, 0.15) is 11.5 Å². The maximum atomic E-state index is 10.9. The standard InChI is InChI=1S/C9H8BrN5O3/c10-5-1-2-6(7(3-5)15(17)18)11-4-8-12-9(16)14-13-8/h1-3,11H,4H2,(H2,12,13,14,16). The van der Waals surface area contributed by atoms with Gasteiger partial charge in [-0.3, -0.25) is 15.1 Å². The Morgan fingerprint density at radius 3 is 2.89 bits per heavy atom. The number of nitro groups is 1. The highest BCUT2D eigenvalue weighted by Gasteiger charge is 2.14. The van der Waals surface area contributed by atoms with E-state index < -0.39 is 10.6 Å². The van der Waals surface area contributed by atoms with E-state index in [2.05, 4.69) is 36.4 Å². The first-order chi connectivity index (χ1) is 8.56. The molecule has 0 spiro atoms. The average molecular weight is 314 g/mol. The monoisotopic (exact) mass is 313 g/mol. The first-order valence-electron chi connectivity index (χ1n) is 4.87. The summed E-state index contributed by atoms with van der Waals surface area (Å²) in [6.45, 7) is 0.182. The maximum absolute atomic E-state index is 10.9. The number of benzene rings is 1. The second kappa shape index (κ2) is 5.00. The molecule has 0 aliphatic heterocycles. The summed E-state index contributed by atoms with van der Waals surface area (Å²) >= 11 is 3.17. The van der Waals surface area contributed by atoms with E-state index >= 15 is 0 Å². The van der Waals surface area contributed by atoms with E-state index in [0.717, 1.165) is 0 Å².